The number of nitrogens with zero attached hydrogens (tertiary/aromatic N) is 2. The summed E-state index contributed by atoms with van der Waals surface area (Å²) in [6, 6.07) is 0. The average Bonchev–Trinajstić information content (AvgIpc) is 2.81. The van der Waals surface area contributed by atoms with Crippen LogP contribution in [0, 0.1) is 0 Å². The fourth-order valence-electron chi connectivity index (χ4n) is 2.58. The molecule has 0 spiro atoms. The highest BCUT2D eigenvalue weighted by molar-refractivity contribution is 7.99. The maximum absolute atomic E-state index is 11.5. The molecule has 116 valence electrons. The number of aryl methyl sites for hydroxylation is 1. The van der Waals surface area contributed by atoms with E-state index < -0.39 is 22.6 Å². The molecule has 1 aliphatic carbocycles. The Morgan fingerprint density at radius 1 is 1.62 bits per heavy atom. The molecule has 1 aromatic heterocycles. The Morgan fingerprint density at radius 3 is 2.95 bits per heavy atom. The zero-order valence-electron chi connectivity index (χ0n) is 11.9. The fraction of sp³-hybridized carbons (Fsp3) is 0.667. The number of H-pyrrole nitrogens is 1. The van der Waals surface area contributed by atoms with Gasteiger partial charge in [-0.15, -0.1) is 0 Å². The number of rotatable bonds is 5. The summed E-state index contributed by atoms with van der Waals surface area (Å²) < 4.78 is 1.39. The fourth-order valence-corrected chi connectivity index (χ4v) is 3.83. The molecule has 1 fully saturated rings. The molecule has 2 atom stereocenters. The van der Waals surface area contributed by atoms with E-state index in [-0.39, 0.29) is 5.25 Å². The summed E-state index contributed by atoms with van der Waals surface area (Å²) in [4.78, 5) is 37.7. The van der Waals surface area contributed by atoms with Gasteiger partial charge in [-0.3, -0.25) is 24.2 Å². The van der Waals surface area contributed by atoms with E-state index in [4.69, 9.17) is 0 Å². The van der Waals surface area contributed by atoms with Crippen molar-refractivity contribution in [1.82, 2.24) is 20.1 Å². The maximum Gasteiger partial charge on any atom is 0.339 e. The molecule has 2 rings (SSSR count). The minimum absolute atomic E-state index is 0.0316. The van der Waals surface area contributed by atoms with Gasteiger partial charge in [-0.2, -0.15) is 4.98 Å². The molecule has 0 bridgehead atoms. The van der Waals surface area contributed by atoms with Crippen LogP contribution < -0.4 is 16.4 Å². The second-order valence-electron chi connectivity index (χ2n) is 5.10. The van der Waals surface area contributed by atoms with E-state index in [1.807, 2.05) is 6.92 Å². The Morgan fingerprint density at radius 2 is 2.33 bits per heavy atom. The summed E-state index contributed by atoms with van der Waals surface area (Å²) in [7, 11) is 1.60. The Kier molecular flexibility index (Phi) is 4.52. The van der Waals surface area contributed by atoms with Crippen LogP contribution in [-0.2, 0) is 11.8 Å². The predicted octanol–water partition coefficient (Wildman–Crippen LogP) is -0.454. The van der Waals surface area contributed by atoms with E-state index in [1.54, 1.807) is 7.05 Å². The summed E-state index contributed by atoms with van der Waals surface area (Å²) >= 11 is 1.32. The number of aromatic amines is 1. The van der Waals surface area contributed by atoms with Gasteiger partial charge in [0.2, 0.25) is 0 Å². The second kappa shape index (κ2) is 6.02. The Labute approximate surface area is 124 Å². The van der Waals surface area contributed by atoms with Crippen LogP contribution in [0.25, 0.3) is 0 Å². The van der Waals surface area contributed by atoms with Gasteiger partial charge in [0.1, 0.15) is 5.54 Å². The number of hydrogen-bond donors (Lipinski definition) is 3. The van der Waals surface area contributed by atoms with E-state index in [2.05, 4.69) is 15.4 Å². The van der Waals surface area contributed by atoms with Crippen molar-refractivity contribution >= 4 is 17.7 Å². The van der Waals surface area contributed by atoms with Gasteiger partial charge >= 0.3 is 17.1 Å². The first-order valence-electron chi connectivity index (χ1n) is 6.70. The van der Waals surface area contributed by atoms with Gasteiger partial charge in [0.25, 0.3) is 0 Å². The molecule has 1 aromatic rings. The molecule has 2 unspecified atom stereocenters. The summed E-state index contributed by atoms with van der Waals surface area (Å²) in [6.07, 6.45) is 1.69. The first-order chi connectivity index (χ1) is 9.88. The first kappa shape index (κ1) is 15.8. The minimum Gasteiger partial charge on any atom is -0.480 e. The van der Waals surface area contributed by atoms with Gasteiger partial charge in [0.05, 0.1) is 0 Å². The highest BCUT2D eigenvalue weighted by Crippen LogP contribution is 2.39. The van der Waals surface area contributed by atoms with Gasteiger partial charge in [0.15, 0.2) is 5.16 Å². The van der Waals surface area contributed by atoms with Crippen LogP contribution in [0.5, 0.6) is 0 Å². The Balaban J connectivity index is 2.16. The average molecular weight is 314 g/mol. The van der Waals surface area contributed by atoms with Crippen molar-refractivity contribution in [2.24, 2.45) is 7.05 Å². The van der Waals surface area contributed by atoms with E-state index in [1.165, 1.54) is 16.4 Å². The second-order valence-corrected chi connectivity index (χ2v) is 6.37. The van der Waals surface area contributed by atoms with Crippen LogP contribution in [0.2, 0.25) is 0 Å². The van der Waals surface area contributed by atoms with Crippen LogP contribution in [0.4, 0.5) is 0 Å². The number of aromatic nitrogens is 3. The molecule has 3 N–H and O–H groups in total. The van der Waals surface area contributed by atoms with Crippen molar-refractivity contribution in [2.45, 2.75) is 42.1 Å². The highest BCUT2D eigenvalue weighted by Gasteiger charge is 2.45. The molecule has 9 heteroatoms. The van der Waals surface area contributed by atoms with Gasteiger partial charge in [-0.25, -0.2) is 0 Å². The number of carboxylic acids is 1. The molecule has 0 amide bonds. The van der Waals surface area contributed by atoms with Crippen molar-refractivity contribution in [3.05, 3.63) is 20.7 Å². The molecule has 0 radical (unpaired) electrons. The molecular formula is C12H18N4O4S. The van der Waals surface area contributed by atoms with Crippen molar-refractivity contribution in [1.29, 1.82) is 0 Å². The van der Waals surface area contributed by atoms with E-state index in [9.17, 15) is 19.5 Å². The lowest BCUT2D eigenvalue weighted by Gasteiger charge is -2.25. The minimum atomic E-state index is -0.909. The molecule has 8 nitrogen and oxygen atoms in total. The standard InChI is InChI=1S/C12H18N4O4S/c1-3-13-12(10(19)20)5-4-7(6-12)21-11-14-8(17)9(18)15-16(11)2/h7,13H,3-6H2,1-2H3,(H,15,18)(H,19,20). The normalized spacial score (nSPS) is 25.1. The predicted molar refractivity (Wildman–Crippen MR) is 77.6 cm³/mol. The van der Waals surface area contributed by atoms with Crippen LogP contribution >= 0.6 is 11.8 Å². The maximum atomic E-state index is 11.5. The lowest BCUT2D eigenvalue weighted by atomic mass is 9.98. The van der Waals surface area contributed by atoms with Gasteiger partial charge in [0, 0.05) is 12.3 Å². The number of carbonyl (C=O) groups is 1. The van der Waals surface area contributed by atoms with E-state index >= 15 is 0 Å². The number of likely N-dealkylation sites (N-methyl/N-ethyl adjacent to an activating group) is 1. The first-order valence-corrected chi connectivity index (χ1v) is 7.58. The third kappa shape index (κ3) is 3.18. The lowest BCUT2D eigenvalue weighted by molar-refractivity contribution is -0.144. The summed E-state index contributed by atoms with van der Waals surface area (Å²) in [5, 5.41) is 15.3. The Bertz CT molecular complexity index is 655. The molecule has 1 saturated carbocycles. The van der Waals surface area contributed by atoms with Crippen molar-refractivity contribution in [3.63, 3.8) is 0 Å². The van der Waals surface area contributed by atoms with Crippen molar-refractivity contribution in [3.8, 4) is 0 Å². The third-order valence-corrected chi connectivity index (χ3v) is 4.93. The number of aliphatic carboxylic acids is 1. The largest absolute Gasteiger partial charge is 0.480 e. The summed E-state index contributed by atoms with van der Waals surface area (Å²) in [5.74, 6) is -0.851. The lowest BCUT2D eigenvalue weighted by Crippen LogP contribution is -2.50. The molecule has 1 heterocycles. The number of thioether (sulfide) groups is 1. The quantitative estimate of drug-likeness (QED) is 0.630. The zero-order valence-corrected chi connectivity index (χ0v) is 12.7. The molecular weight excluding hydrogens is 296 g/mol. The topological polar surface area (TPSA) is 117 Å². The van der Waals surface area contributed by atoms with Crippen LogP contribution in [0.3, 0.4) is 0 Å². The molecule has 0 aliphatic heterocycles. The van der Waals surface area contributed by atoms with E-state index in [0.29, 0.717) is 31.0 Å². The SMILES string of the molecule is CCNC1(C(=O)O)CCC(Sc2nc(=O)c(=O)[nH]n2C)C1. The van der Waals surface area contributed by atoms with Gasteiger partial charge in [-0.1, -0.05) is 18.7 Å². The van der Waals surface area contributed by atoms with Crippen molar-refractivity contribution in [2.75, 3.05) is 6.54 Å². The monoisotopic (exact) mass is 314 g/mol. The molecule has 0 aromatic carbocycles. The van der Waals surface area contributed by atoms with Crippen molar-refractivity contribution < 1.29 is 9.90 Å². The van der Waals surface area contributed by atoms with Crippen LogP contribution in [0.1, 0.15) is 26.2 Å². The zero-order chi connectivity index (χ0) is 15.6. The third-order valence-electron chi connectivity index (χ3n) is 3.61. The summed E-state index contributed by atoms with van der Waals surface area (Å²) in [6.45, 7) is 2.46. The molecule has 0 saturated heterocycles. The number of nitrogens with one attached hydrogen (secondary N) is 2. The Hall–Kier alpha value is -1.61. The molecule has 21 heavy (non-hydrogen) atoms. The van der Waals surface area contributed by atoms with E-state index in [0.717, 1.165) is 0 Å². The summed E-state index contributed by atoms with van der Waals surface area (Å²) in [5.41, 5.74) is -2.50. The van der Waals surface area contributed by atoms with Gasteiger partial charge < -0.3 is 10.4 Å². The smallest absolute Gasteiger partial charge is 0.339 e. The number of hydrogen-bond acceptors (Lipinski definition) is 6. The van der Waals surface area contributed by atoms with Crippen LogP contribution in [0.15, 0.2) is 14.7 Å². The van der Waals surface area contributed by atoms with Crippen LogP contribution in [-0.4, -0.2) is 43.2 Å². The van der Waals surface area contributed by atoms with Gasteiger partial charge in [-0.05, 0) is 25.8 Å². The number of carboxylic acid groups (broad SMARTS) is 1. The molecule has 1 aliphatic rings. The highest BCUT2D eigenvalue weighted by atomic mass is 32.2.